The van der Waals surface area contributed by atoms with Gasteiger partial charge in [-0.15, -0.1) is 0 Å². The molecular weight excluding hydrogens is 274 g/mol. The lowest BCUT2D eigenvalue weighted by molar-refractivity contribution is -0.120. The van der Waals surface area contributed by atoms with Crippen LogP contribution >= 0.6 is 0 Å². The highest BCUT2D eigenvalue weighted by Crippen LogP contribution is 2.15. The Morgan fingerprint density at radius 2 is 2.00 bits per heavy atom. The van der Waals surface area contributed by atoms with Gasteiger partial charge < -0.3 is 24.6 Å². The van der Waals surface area contributed by atoms with Crippen molar-refractivity contribution < 1.29 is 24.1 Å². The second-order valence-electron chi connectivity index (χ2n) is 4.35. The summed E-state index contributed by atoms with van der Waals surface area (Å²) in [4.78, 5) is 11.9. The molecule has 0 aliphatic heterocycles. The molecule has 118 valence electrons. The Bertz CT molecular complexity index is 407. The molecule has 0 aliphatic rings. The third-order valence-electron chi connectivity index (χ3n) is 2.78. The highest BCUT2D eigenvalue weighted by Gasteiger charge is 2.13. The molecule has 0 spiro atoms. The maximum atomic E-state index is 11.9. The van der Waals surface area contributed by atoms with Crippen molar-refractivity contribution in [2.45, 2.75) is 19.4 Å². The third-order valence-corrected chi connectivity index (χ3v) is 2.78. The minimum Gasteiger partial charge on any atom is -0.497 e. The summed E-state index contributed by atoms with van der Waals surface area (Å²) in [5.41, 5.74) is 0.673. The number of amides is 1. The quantitative estimate of drug-likeness (QED) is 0.639. The maximum absolute atomic E-state index is 11.9. The van der Waals surface area contributed by atoms with E-state index < -0.39 is 6.10 Å². The van der Waals surface area contributed by atoms with Crippen molar-refractivity contribution in [2.24, 2.45) is 0 Å². The van der Waals surface area contributed by atoms with Crippen molar-refractivity contribution in [3.05, 3.63) is 24.3 Å². The lowest BCUT2D eigenvalue weighted by Gasteiger charge is -2.15. The number of carbonyl (C=O) groups is 1. The Morgan fingerprint density at radius 1 is 1.29 bits per heavy atom. The standard InChI is InChI=1S/C15H23NO5/c1-3-20-8-9-21-14(11-17)10-15(18)16-12-4-6-13(19-2)7-5-12/h4-7,14,17H,3,8-11H2,1-2H3,(H,16,18). The average Bonchev–Trinajstić information content (AvgIpc) is 2.51. The van der Waals surface area contributed by atoms with Gasteiger partial charge in [-0.2, -0.15) is 0 Å². The van der Waals surface area contributed by atoms with Crippen LogP contribution in [0.1, 0.15) is 13.3 Å². The molecule has 0 aromatic heterocycles. The van der Waals surface area contributed by atoms with Crippen molar-refractivity contribution in [1.29, 1.82) is 0 Å². The van der Waals surface area contributed by atoms with E-state index in [0.29, 0.717) is 25.5 Å². The number of anilines is 1. The molecule has 2 N–H and O–H groups in total. The SMILES string of the molecule is CCOCCOC(CO)CC(=O)Nc1ccc(OC)cc1. The number of hydrogen-bond donors (Lipinski definition) is 2. The van der Waals surface area contributed by atoms with Gasteiger partial charge in [0.05, 0.1) is 39.5 Å². The molecule has 0 saturated heterocycles. The number of aliphatic hydroxyl groups is 1. The summed E-state index contributed by atoms with van der Waals surface area (Å²) in [5, 5.41) is 11.9. The fourth-order valence-electron chi connectivity index (χ4n) is 1.69. The van der Waals surface area contributed by atoms with Crippen LogP contribution in [0, 0.1) is 0 Å². The van der Waals surface area contributed by atoms with Gasteiger partial charge in [0.2, 0.25) is 5.91 Å². The summed E-state index contributed by atoms with van der Waals surface area (Å²) >= 11 is 0. The van der Waals surface area contributed by atoms with Gasteiger partial charge in [0.25, 0.3) is 0 Å². The second-order valence-corrected chi connectivity index (χ2v) is 4.35. The van der Waals surface area contributed by atoms with E-state index in [4.69, 9.17) is 14.2 Å². The summed E-state index contributed by atoms with van der Waals surface area (Å²) in [6.07, 6.45) is -0.432. The van der Waals surface area contributed by atoms with E-state index in [1.54, 1.807) is 31.4 Å². The minimum absolute atomic E-state index is 0.0919. The molecule has 0 fully saturated rings. The largest absolute Gasteiger partial charge is 0.497 e. The van der Waals surface area contributed by atoms with Gasteiger partial charge in [0.1, 0.15) is 5.75 Å². The second kappa shape index (κ2) is 10.1. The molecule has 0 bridgehead atoms. The maximum Gasteiger partial charge on any atom is 0.227 e. The predicted molar refractivity (Wildman–Crippen MR) is 79.6 cm³/mol. The van der Waals surface area contributed by atoms with Gasteiger partial charge >= 0.3 is 0 Å². The van der Waals surface area contributed by atoms with Crippen molar-refractivity contribution in [3.8, 4) is 5.75 Å². The summed E-state index contributed by atoms with van der Waals surface area (Å²) in [6.45, 7) is 3.11. The molecule has 1 aromatic carbocycles. The number of hydrogen-bond acceptors (Lipinski definition) is 5. The van der Waals surface area contributed by atoms with Crippen LogP contribution in [0.15, 0.2) is 24.3 Å². The Morgan fingerprint density at radius 3 is 2.57 bits per heavy atom. The molecule has 21 heavy (non-hydrogen) atoms. The molecule has 1 unspecified atom stereocenters. The van der Waals surface area contributed by atoms with Crippen LogP contribution < -0.4 is 10.1 Å². The number of benzene rings is 1. The van der Waals surface area contributed by atoms with Gasteiger partial charge in [-0.05, 0) is 31.2 Å². The van der Waals surface area contributed by atoms with Crippen LogP contribution in [0.25, 0.3) is 0 Å². The van der Waals surface area contributed by atoms with Crippen LogP contribution in [-0.2, 0) is 14.3 Å². The van der Waals surface area contributed by atoms with Gasteiger partial charge in [0.15, 0.2) is 0 Å². The lowest BCUT2D eigenvalue weighted by atomic mass is 10.2. The Labute approximate surface area is 125 Å². The zero-order valence-electron chi connectivity index (χ0n) is 12.5. The summed E-state index contributed by atoms with van der Waals surface area (Å²) in [7, 11) is 1.58. The highest BCUT2D eigenvalue weighted by atomic mass is 16.5. The number of methoxy groups -OCH3 is 1. The van der Waals surface area contributed by atoms with E-state index in [9.17, 15) is 9.90 Å². The van der Waals surface area contributed by atoms with E-state index in [1.165, 1.54) is 0 Å². The molecular formula is C15H23NO5. The van der Waals surface area contributed by atoms with E-state index in [1.807, 2.05) is 6.92 Å². The summed E-state index contributed by atoms with van der Waals surface area (Å²) < 4.78 is 15.6. The first-order valence-electron chi connectivity index (χ1n) is 6.93. The lowest BCUT2D eigenvalue weighted by Crippen LogP contribution is -2.26. The first kappa shape index (κ1) is 17.4. The molecule has 0 radical (unpaired) electrons. The van der Waals surface area contributed by atoms with Crippen molar-refractivity contribution in [2.75, 3.05) is 38.9 Å². The van der Waals surface area contributed by atoms with Crippen LogP contribution in [0.4, 0.5) is 5.69 Å². The third kappa shape index (κ3) is 7.08. The molecule has 0 aliphatic carbocycles. The summed E-state index contributed by atoms with van der Waals surface area (Å²) in [5.74, 6) is 0.510. The van der Waals surface area contributed by atoms with E-state index in [2.05, 4.69) is 5.32 Å². The van der Waals surface area contributed by atoms with Crippen molar-refractivity contribution in [1.82, 2.24) is 0 Å². The molecule has 0 heterocycles. The van der Waals surface area contributed by atoms with E-state index in [-0.39, 0.29) is 18.9 Å². The van der Waals surface area contributed by atoms with Gasteiger partial charge in [-0.25, -0.2) is 0 Å². The van der Waals surface area contributed by atoms with Gasteiger partial charge in [-0.1, -0.05) is 0 Å². The zero-order chi connectivity index (χ0) is 15.5. The normalized spacial score (nSPS) is 12.0. The first-order chi connectivity index (χ1) is 10.2. The van der Waals surface area contributed by atoms with Gasteiger partial charge in [0, 0.05) is 12.3 Å². The van der Waals surface area contributed by atoms with Crippen LogP contribution in [-0.4, -0.2) is 50.7 Å². The Balaban J connectivity index is 2.35. The number of aliphatic hydroxyl groups excluding tert-OH is 1. The van der Waals surface area contributed by atoms with Crippen LogP contribution in [0.5, 0.6) is 5.75 Å². The smallest absolute Gasteiger partial charge is 0.227 e. The molecule has 1 rings (SSSR count). The number of carbonyl (C=O) groups excluding carboxylic acids is 1. The number of ether oxygens (including phenoxy) is 3. The van der Waals surface area contributed by atoms with Gasteiger partial charge in [-0.3, -0.25) is 4.79 Å². The summed E-state index contributed by atoms with van der Waals surface area (Å²) in [6, 6.07) is 7.02. The van der Waals surface area contributed by atoms with Crippen LogP contribution in [0.3, 0.4) is 0 Å². The van der Waals surface area contributed by atoms with Crippen LogP contribution in [0.2, 0.25) is 0 Å². The number of nitrogens with one attached hydrogen (secondary N) is 1. The Hall–Kier alpha value is -1.63. The van der Waals surface area contributed by atoms with E-state index >= 15 is 0 Å². The number of rotatable bonds is 10. The van der Waals surface area contributed by atoms with Crippen molar-refractivity contribution in [3.63, 3.8) is 0 Å². The molecule has 6 nitrogen and oxygen atoms in total. The fraction of sp³-hybridized carbons (Fsp3) is 0.533. The fourth-order valence-corrected chi connectivity index (χ4v) is 1.69. The molecule has 0 saturated carbocycles. The topological polar surface area (TPSA) is 77.0 Å². The molecule has 1 aromatic rings. The molecule has 6 heteroatoms. The molecule has 1 amide bonds. The monoisotopic (exact) mass is 297 g/mol. The highest BCUT2D eigenvalue weighted by molar-refractivity contribution is 5.91. The first-order valence-corrected chi connectivity index (χ1v) is 6.93. The molecule has 1 atom stereocenters. The minimum atomic E-state index is -0.524. The van der Waals surface area contributed by atoms with E-state index in [0.717, 1.165) is 5.75 Å². The zero-order valence-corrected chi connectivity index (χ0v) is 12.5. The van der Waals surface area contributed by atoms with Crippen molar-refractivity contribution >= 4 is 11.6 Å². The predicted octanol–water partition coefficient (Wildman–Crippen LogP) is 1.44. The average molecular weight is 297 g/mol. The Kier molecular flexibility index (Phi) is 8.42.